The highest BCUT2D eigenvalue weighted by Crippen LogP contribution is 2.22. The minimum absolute atomic E-state index is 0.293. The lowest BCUT2D eigenvalue weighted by atomic mass is 10.1. The van der Waals surface area contributed by atoms with E-state index in [2.05, 4.69) is 29.2 Å². The van der Waals surface area contributed by atoms with Crippen LogP contribution >= 0.6 is 0 Å². The molecule has 29 heavy (non-hydrogen) atoms. The lowest BCUT2D eigenvalue weighted by Gasteiger charge is -2.25. The SMILES string of the molecule is Cc1ccc(C(=O)OCCN(Cc2ccccc2)C2=NCc3ccccc32)cc1. The Kier molecular flexibility index (Phi) is 5.71. The highest BCUT2D eigenvalue weighted by atomic mass is 16.5. The predicted molar refractivity (Wildman–Crippen MR) is 115 cm³/mol. The first-order valence-corrected chi connectivity index (χ1v) is 9.86. The van der Waals surface area contributed by atoms with Gasteiger partial charge < -0.3 is 9.64 Å². The second-order valence-electron chi connectivity index (χ2n) is 7.21. The number of aryl methyl sites for hydroxylation is 1. The number of amidine groups is 1. The summed E-state index contributed by atoms with van der Waals surface area (Å²) in [6, 6.07) is 26.0. The number of fused-ring (bicyclic) bond motifs is 1. The quantitative estimate of drug-likeness (QED) is 0.583. The van der Waals surface area contributed by atoms with E-state index in [0.717, 1.165) is 23.5 Å². The molecule has 3 aromatic carbocycles. The standard InChI is InChI=1S/C25H24N2O2/c1-19-11-13-21(14-12-19)25(28)29-16-15-27(18-20-7-3-2-4-8-20)24-23-10-6-5-9-22(23)17-26-24/h2-14H,15-18H2,1H3. The molecule has 1 aliphatic rings. The average molecular weight is 384 g/mol. The maximum Gasteiger partial charge on any atom is 0.338 e. The van der Waals surface area contributed by atoms with Gasteiger partial charge in [-0.25, -0.2) is 4.79 Å². The second kappa shape index (κ2) is 8.74. The van der Waals surface area contributed by atoms with Gasteiger partial charge in [0.1, 0.15) is 12.4 Å². The fourth-order valence-corrected chi connectivity index (χ4v) is 3.48. The third kappa shape index (κ3) is 4.54. The molecule has 0 aromatic heterocycles. The van der Waals surface area contributed by atoms with Crippen molar-refractivity contribution in [3.63, 3.8) is 0 Å². The van der Waals surface area contributed by atoms with Gasteiger partial charge in [-0.1, -0.05) is 72.3 Å². The Balaban J connectivity index is 1.46. The molecule has 0 bridgehead atoms. The van der Waals surface area contributed by atoms with Crippen molar-refractivity contribution in [2.75, 3.05) is 13.2 Å². The number of benzene rings is 3. The minimum Gasteiger partial charge on any atom is -0.460 e. The van der Waals surface area contributed by atoms with Gasteiger partial charge in [-0.2, -0.15) is 0 Å². The summed E-state index contributed by atoms with van der Waals surface area (Å²) in [5.41, 5.74) is 5.29. The maximum absolute atomic E-state index is 12.3. The normalized spacial score (nSPS) is 12.2. The van der Waals surface area contributed by atoms with Crippen molar-refractivity contribution in [1.82, 2.24) is 4.90 Å². The van der Waals surface area contributed by atoms with E-state index >= 15 is 0 Å². The predicted octanol–water partition coefficient (Wildman–Crippen LogP) is 4.61. The monoisotopic (exact) mass is 384 g/mol. The molecule has 3 aromatic rings. The van der Waals surface area contributed by atoms with Gasteiger partial charge in [-0.05, 0) is 30.2 Å². The Labute approximate surface area is 171 Å². The molecule has 1 aliphatic heterocycles. The van der Waals surface area contributed by atoms with Gasteiger partial charge in [0.05, 0.1) is 18.7 Å². The van der Waals surface area contributed by atoms with Crippen LogP contribution in [0.3, 0.4) is 0 Å². The van der Waals surface area contributed by atoms with Crippen LogP contribution in [-0.4, -0.2) is 29.9 Å². The molecule has 146 valence electrons. The summed E-state index contributed by atoms with van der Waals surface area (Å²) in [6.45, 7) is 4.30. The molecule has 1 heterocycles. The largest absolute Gasteiger partial charge is 0.460 e. The number of esters is 1. The number of hydrogen-bond donors (Lipinski definition) is 0. The Morgan fingerprint density at radius 2 is 1.69 bits per heavy atom. The van der Waals surface area contributed by atoms with Crippen LogP contribution in [0.4, 0.5) is 0 Å². The summed E-state index contributed by atoms with van der Waals surface area (Å²) in [7, 11) is 0. The third-order valence-corrected chi connectivity index (χ3v) is 5.05. The third-order valence-electron chi connectivity index (χ3n) is 5.05. The van der Waals surface area contributed by atoms with Crippen molar-refractivity contribution >= 4 is 11.8 Å². The average Bonchev–Trinajstić information content (AvgIpc) is 3.18. The molecular weight excluding hydrogens is 360 g/mol. The first-order chi connectivity index (χ1) is 14.2. The van der Waals surface area contributed by atoms with Crippen molar-refractivity contribution in [3.8, 4) is 0 Å². The summed E-state index contributed by atoms with van der Waals surface area (Å²) >= 11 is 0. The van der Waals surface area contributed by atoms with Crippen LogP contribution in [0.25, 0.3) is 0 Å². The van der Waals surface area contributed by atoms with E-state index in [0.29, 0.717) is 25.3 Å². The van der Waals surface area contributed by atoms with E-state index in [1.54, 1.807) is 12.1 Å². The van der Waals surface area contributed by atoms with Crippen molar-refractivity contribution in [3.05, 3.63) is 107 Å². The highest BCUT2D eigenvalue weighted by molar-refractivity contribution is 6.02. The van der Waals surface area contributed by atoms with Crippen LogP contribution < -0.4 is 0 Å². The first kappa shape index (κ1) is 18.9. The van der Waals surface area contributed by atoms with Gasteiger partial charge in [0, 0.05) is 12.1 Å². The van der Waals surface area contributed by atoms with Crippen molar-refractivity contribution in [2.45, 2.75) is 20.0 Å². The van der Waals surface area contributed by atoms with Crippen molar-refractivity contribution < 1.29 is 9.53 Å². The van der Waals surface area contributed by atoms with E-state index in [1.807, 2.05) is 49.4 Å². The van der Waals surface area contributed by atoms with Gasteiger partial charge in [-0.15, -0.1) is 0 Å². The zero-order chi connectivity index (χ0) is 20.1. The number of hydrogen-bond acceptors (Lipinski definition) is 4. The van der Waals surface area contributed by atoms with Crippen molar-refractivity contribution in [2.24, 2.45) is 4.99 Å². The Bertz CT molecular complexity index is 1010. The molecule has 0 atom stereocenters. The molecule has 4 rings (SSSR count). The lowest BCUT2D eigenvalue weighted by molar-refractivity contribution is 0.0484. The smallest absolute Gasteiger partial charge is 0.338 e. The summed E-state index contributed by atoms with van der Waals surface area (Å²) in [6.07, 6.45) is 0. The highest BCUT2D eigenvalue weighted by Gasteiger charge is 2.21. The molecule has 4 heteroatoms. The van der Waals surface area contributed by atoms with E-state index in [1.165, 1.54) is 11.1 Å². The zero-order valence-electron chi connectivity index (χ0n) is 16.5. The maximum atomic E-state index is 12.3. The van der Waals surface area contributed by atoms with Gasteiger partial charge in [0.2, 0.25) is 0 Å². The molecule has 0 spiro atoms. The number of carbonyl (C=O) groups excluding carboxylic acids is 1. The summed E-state index contributed by atoms with van der Waals surface area (Å²) in [5, 5.41) is 0. The molecule has 0 unspecified atom stereocenters. The molecular formula is C25H24N2O2. The Morgan fingerprint density at radius 1 is 0.966 bits per heavy atom. The number of rotatable bonds is 6. The summed E-state index contributed by atoms with van der Waals surface area (Å²) in [4.78, 5) is 19.3. The van der Waals surface area contributed by atoms with Gasteiger partial charge in [0.25, 0.3) is 0 Å². The molecule has 4 nitrogen and oxygen atoms in total. The van der Waals surface area contributed by atoms with Crippen LogP contribution in [0.5, 0.6) is 0 Å². The van der Waals surface area contributed by atoms with Crippen LogP contribution in [0.15, 0.2) is 83.9 Å². The molecule has 0 saturated carbocycles. The second-order valence-corrected chi connectivity index (χ2v) is 7.21. The fourth-order valence-electron chi connectivity index (χ4n) is 3.48. The van der Waals surface area contributed by atoms with Gasteiger partial charge in [-0.3, -0.25) is 4.99 Å². The molecule has 0 amide bonds. The van der Waals surface area contributed by atoms with E-state index in [9.17, 15) is 4.79 Å². The number of nitrogens with zero attached hydrogens (tertiary/aromatic N) is 2. The minimum atomic E-state index is -0.293. The van der Waals surface area contributed by atoms with Crippen molar-refractivity contribution in [1.29, 1.82) is 0 Å². The van der Waals surface area contributed by atoms with Crippen LogP contribution in [-0.2, 0) is 17.8 Å². The van der Waals surface area contributed by atoms with Crippen LogP contribution in [0.1, 0.15) is 32.6 Å². The molecule has 0 N–H and O–H groups in total. The molecule has 0 radical (unpaired) electrons. The van der Waals surface area contributed by atoms with E-state index < -0.39 is 0 Å². The number of carbonyl (C=O) groups is 1. The zero-order valence-corrected chi connectivity index (χ0v) is 16.5. The number of aliphatic imine (C=N–C) groups is 1. The lowest BCUT2D eigenvalue weighted by Crippen LogP contribution is -2.34. The summed E-state index contributed by atoms with van der Waals surface area (Å²) in [5.74, 6) is 0.675. The Hall–Kier alpha value is -3.40. The molecule has 0 fully saturated rings. The van der Waals surface area contributed by atoms with Gasteiger partial charge in [0.15, 0.2) is 0 Å². The first-order valence-electron chi connectivity index (χ1n) is 9.86. The topological polar surface area (TPSA) is 41.9 Å². The number of ether oxygens (including phenoxy) is 1. The van der Waals surface area contributed by atoms with Crippen LogP contribution in [0.2, 0.25) is 0 Å². The van der Waals surface area contributed by atoms with Crippen LogP contribution in [0, 0.1) is 6.92 Å². The fraction of sp³-hybridized carbons (Fsp3) is 0.200. The van der Waals surface area contributed by atoms with E-state index in [4.69, 9.17) is 9.73 Å². The summed E-state index contributed by atoms with van der Waals surface area (Å²) < 4.78 is 5.55. The van der Waals surface area contributed by atoms with Gasteiger partial charge >= 0.3 is 5.97 Å². The Morgan fingerprint density at radius 3 is 2.48 bits per heavy atom. The van der Waals surface area contributed by atoms with E-state index in [-0.39, 0.29) is 5.97 Å². The molecule has 0 aliphatic carbocycles. The molecule has 0 saturated heterocycles.